The van der Waals surface area contributed by atoms with Crippen LogP contribution in [-0.2, 0) is 14.6 Å². The summed E-state index contributed by atoms with van der Waals surface area (Å²) in [6.07, 6.45) is 13.7. The molecule has 0 radical (unpaired) electrons. The van der Waals surface area contributed by atoms with Crippen LogP contribution in [0.3, 0.4) is 0 Å². The zero-order valence-corrected chi connectivity index (χ0v) is 22.2. The van der Waals surface area contributed by atoms with Crippen LogP contribution < -0.4 is 0 Å². The van der Waals surface area contributed by atoms with Gasteiger partial charge in [-0.1, -0.05) is 40.5 Å². The molecule has 4 aliphatic rings. The lowest BCUT2D eigenvalue weighted by molar-refractivity contribution is -0.130. The number of aliphatic hydroxyl groups excluding tert-OH is 1. The number of hydrogen-bond donors (Lipinski definition) is 2. The van der Waals surface area contributed by atoms with Crippen molar-refractivity contribution in [2.75, 3.05) is 6.61 Å². The molecule has 4 aliphatic carbocycles. The largest absolute Gasteiger partial charge is 0.397 e. The molecule has 0 unspecified atom stereocenters. The molecule has 0 aromatic heterocycles. The highest BCUT2D eigenvalue weighted by molar-refractivity contribution is 7.80. The van der Waals surface area contributed by atoms with Crippen molar-refractivity contribution in [2.45, 2.75) is 111 Å². The average Bonchev–Trinajstić information content (AvgIpc) is 3.07. The molecule has 6 heteroatoms. The highest BCUT2D eigenvalue weighted by Crippen LogP contribution is 2.68. The Morgan fingerprint density at radius 2 is 1.64 bits per heavy atom. The standard InChI is InChI=1S/C27H48O5S/c1-18(2)6-5-7-19(17-32-33(29,30)31)23-10-11-24-22-9-8-20-16-21(28)12-14-26(20,3)25(22)13-15-27(23,24)4/h18-25,28H,5-17H2,1-4H3,(H,29,30,31)/t19-,20-,21-,22-,23+,24-,25-,26-,27+/m0/s1. The summed E-state index contributed by atoms with van der Waals surface area (Å²) in [5.74, 6) is 4.23. The van der Waals surface area contributed by atoms with Gasteiger partial charge in [0.2, 0.25) is 0 Å². The SMILES string of the molecule is CC(C)CCC[C@@H](COS(=O)(=O)O)[C@H]1CC[C@H]2[C@@H]3CC[C@H]4C[C@@H](O)CC[C@]4(C)[C@H]3CC[C@]12C. The summed E-state index contributed by atoms with van der Waals surface area (Å²) in [6.45, 7) is 9.62. The smallest absolute Gasteiger partial charge is 0.393 e. The van der Waals surface area contributed by atoms with Crippen LogP contribution in [0.25, 0.3) is 0 Å². The Hall–Kier alpha value is -0.170. The zero-order chi connectivity index (χ0) is 24.0. The van der Waals surface area contributed by atoms with E-state index in [1.165, 1.54) is 38.5 Å². The summed E-state index contributed by atoms with van der Waals surface area (Å²) < 4.78 is 37.0. The number of fused-ring (bicyclic) bond motifs is 5. The van der Waals surface area contributed by atoms with E-state index < -0.39 is 10.4 Å². The van der Waals surface area contributed by atoms with Gasteiger partial charge in [-0.15, -0.1) is 0 Å². The summed E-state index contributed by atoms with van der Waals surface area (Å²) >= 11 is 0. The Balaban J connectivity index is 1.51. The maximum Gasteiger partial charge on any atom is 0.397 e. The Morgan fingerprint density at radius 1 is 0.939 bits per heavy atom. The molecular weight excluding hydrogens is 436 g/mol. The molecule has 0 aromatic rings. The first-order chi connectivity index (χ1) is 15.4. The van der Waals surface area contributed by atoms with Crippen LogP contribution in [-0.4, -0.2) is 30.8 Å². The van der Waals surface area contributed by atoms with Gasteiger partial charge in [0.1, 0.15) is 0 Å². The predicted octanol–water partition coefficient (Wildman–Crippen LogP) is 6.27. The maximum atomic E-state index is 11.4. The monoisotopic (exact) mass is 484 g/mol. The van der Waals surface area contributed by atoms with Crippen molar-refractivity contribution in [2.24, 2.45) is 52.3 Å². The summed E-state index contributed by atoms with van der Waals surface area (Å²) in [4.78, 5) is 0. The van der Waals surface area contributed by atoms with Crippen molar-refractivity contribution >= 4 is 10.4 Å². The fraction of sp³-hybridized carbons (Fsp3) is 1.00. The molecule has 2 N–H and O–H groups in total. The summed E-state index contributed by atoms with van der Waals surface area (Å²) in [7, 11) is -4.40. The van der Waals surface area contributed by atoms with Crippen LogP contribution in [0.5, 0.6) is 0 Å². The van der Waals surface area contributed by atoms with Crippen LogP contribution in [0.2, 0.25) is 0 Å². The Bertz CT molecular complexity index is 781. The van der Waals surface area contributed by atoms with Gasteiger partial charge >= 0.3 is 10.4 Å². The molecule has 0 amide bonds. The van der Waals surface area contributed by atoms with Crippen LogP contribution >= 0.6 is 0 Å². The summed E-state index contributed by atoms with van der Waals surface area (Å²) in [5.41, 5.74) is 0.621. The lowest BCUT2D eigenvalue weighted by Crippen LogP contribution is -2.54. The molecule has 0 saturated heterocycles. The molecule has 0 heterocycles. The van der Waals surface area contributed by atoms with Crippen molar-refractivity contribution in [3.8, 4) is 0 Å². The second kappa shape index (κ2) is 9.71. The topological polar surface area (TPSA) is 83.8 Å². The quantitative estimate of drug-likeness (QED) is 0.397. The van der Waals surface area contributed by atoms with Crippen LogP contribution in [0.4, 0.5) is 0 Å². The molecule has 0 bridgehead atoms. The van der Waals surface area contributed by atoms with Gasteiger partial charge in [-0.05, 0) is 116 Å². The molecule has 4 rings (SSSR count). The first-order valence-electron chi connectivity index (χ1n) is 13.7. The Kier molecular flexibility index (Phi) is 7.62. The predicted molar refractivity (Wildman–Crippen MR) is 131 cm³/mol. The van der Waals surface area contributed by atoms with Crippen LogP contribution in [0.1, 0.15) is 105 Å². The second-order valence-corrected chi connectivity index (χ2v) is 14.2. The maximum absolute atomic E-state index is 11.4. The minimum absolute atomic E-state index is 0.0984. The van der Waals surface area contributed by atoms with Gasteiger partial charge in [0, 0.05) is 0 Å². The van der Waals surface area contributed by atoms with E-state index >= 15 is 0 Å². The number of aliphatic hydroxyl groups is 1. The third-order valence-corrected chi connectivity index (χ3v) is 11.5. The summed E-state index contributed by atoms with van der Waals surface area (Å²) in [5, 5.41) is 10.3. The van der Waals surface area contributed by atoms with E-state index in [1.807, 2.05) is 0 Å². The van der Waals surface area contributed by atoms with Gasteiger partial charge in [-0.2, -0.15) is 8.42 Å². The molecule has 0 aliphatic heterocycles. The number of hydrogen-bond acceptors (Lipinski definition) is 4. The molecular formula is C27H48O5S. The summed E-state index contributed by atoms with van der Waals surface area (Å²) in [6, 6.07) is 0. The van der Waals surface area contributed by atoms with E-state index in [4.69, 9.17) is 4.18 Å². The third kappa shape index (κ3) is 5.20. The number of rotatable bonds is 8. The minimum atomic E-state index is -4.40. The molecule has 9 atom stereocenters. The van der Waals surface area contributed by atoms with Gasteiger partial charge in [0.05, 0.1) is 12.7 Å². The van der Waals surface area contributed by atoms with Crippen molar-refractivity contribution < 1.29 is 22.3 Å². The fourth-order valence-electron chi connectivity index (χ4n) is 9.41. The van der Waals surface area contributed by atoms with Gasteiger partial charge in [0.15, 0.2) is 0 Å². The van der Waals surface area contributed by atoms with E-state index in [0.717, 1.165) is 50.4 Å². The van der Waals surface area contributed by atoms with Crippen molar-refractivity contribution in [1.82, 2.24) is 0 Å². The van der Waals surface area contributed by atoms with Crippen molar-refractivity contribution in [3.63, 3.8) is 0 Å². The van der Waals surface area contributed by atoms with Gasteiger partial charge in [-0.3, -0.25) is 4.55 Å². The average molecular weight is 485 g/mol. The molecule has 4 fully saturated rings. The lowest BCUT2D eigenvalue weighted by atomic mass is 9.44. The highest BCUT2D eigenvalue weighted by Gasteiger charge is 2.60. The van der Waals surface area contributed by atoms with Crippen molar-refractivity contribution in [1.29, 1.82) is 0 Å². The Morgan fingerprint density at radius 3 is 2.33 bits per heavy atom. The van der Waals surface area contributed by atoms with Crippen LogP contribution in [0.15, 0.2) is 0 Å². The fourth-order valence-corrected chi connectivity index (χ4v) is 9.76. The van der Waals surface area contributed by atoms with E-state index in [2.05, 4.69) is 27.7 Å². The van der Waals surface area contributed by atoms with E-state index in [0.29, 0.717) is 29.1 Å². The first kappa shape index (κ1) is 25.9. The third-order valence-electron chi connectivity index (χ3n) is 11.1. The normalized spacial score (nSPS) is 44.2. The molecule has 33 heavy (non-hydrogen) atoms. The van der Waals surface area contributed by atoms with Gasteiger partial charge < -0.3 is 5.11 Å². The zero-order valence-electron chi connectivity index (χ0n) is 21.3. The van der Waals surface area contributed by atoms with Crippen molar-refractivity contribution in [3.05, 3.63) is 0 Å². The van der Waals surface area contributed by atoms with Gasteiger partial charge in [-0.25, -0.2) is 4.18 Å². The Labute approximate surface area is 202 Å². The van der Waals surface area contributed by atoms with Gasteiger partial charge in [0.25, 0.3) is 0 Å². The molecule has 4 saturated carbocycles. The molecule has 0 aromatic carbocycles. The van der Waals surface area contributed by atoms with E-state index in [1.54, 1.807) is 0 Å². The van der Waals surface area contributed by atoms with E-state index in [9.17, 15) is 18.1 Å². The van der Waals surface area contributed by atoms with Crippen LogP contribution in [0, 0.1) is 52.3 Å². The first-order valence-corrected chi connectivity index (χ1v) is 15.1. The highest BCUT2D eigenvalue weighted by atomic mass is 32.3. The second-order valence-electron chi connectivity index (χ2n) is 13.1. The molecule has 192 valence electrons. The lowest BCUT2D eigenvalue weighted by Gasteiger charge is -2.61. The van der Waals surface area contributed by atoms with E-state index in [-0.39, 0.29) is 24.0 Å². The molecule has 5 nitrogen and oxygen atoms in total. The molecule has 0 spiro atoms. The minimum Gasteiger partial charge on any atom is -0.393 e.